The standard InChI is InChI=1S/C29H38N4O4.C2H2O4/c1-21(2)20-37-29(36)31-25(22-7-4-3-5-8-22)9-6-14-32-15-17-33(18-16-32)28(35)24-10-12-26-23(19-24)11-13-27(34)30-26;3-1(4)2(5)6/h3-5,7-8,10,12,19,21,25H,6,9,11,13-18,20H2,1-2H3,(H,30,34)(H,31,36);(H,3,4)(H,5,6). The van der Waals surface area contributed by atoms with Gasteiger partial charge in [0.2, 0.25) is 5.91 Å². The molecule has 0 bridgehead atoms. The second-order valence-electron chi connectivity index (χ2n) is 10.9. The fourth-order valence-corrected chi connectivity index (χ4v) is 4.83. The summed E-state index contributed by atoms with van der Waals surface area (Å²) in [6.45, 7) is 8.37. The predicted molar refractivity (Wildman–Crippen MR) is 159 cm³/mol. The number of alkyl carbamates (subject to hydrolysis) is 1. The number of anilines is 1. The molecule has 2 aromatic rings. The number of amides is 3. The van der Waals surface area contributed by atoms with Crippen LogP contribution in [0.5, 0.6) is 0 Å². The van der Waals surface area contributed by atoms with Crippen molar-refractivity contribution in [3.63, 3.8) is 0 Å². The zero-order valence-corrected chi connectivity index (χ0v) is 24.6. The molecular weight excluding hydrogens is 556 g/mol. The molecule has 3 amide bonds. The van der Waals surface area contributed by atoms with Gasteiger partial charge in [0.05, 0.1) is 12.6 Å². The number of carbonyl (C=O) groups is 5. The maximum atomic E-state index is 13.1. The van der Waals surface area contributed by atoms with Crippen LogP contribution in [0, 0.1) is 5.92 Å². The normalized spacial score (nSPS) is 15.3. The number of rotatable bonds is 9. The van der Waals surface area contributed by atoms with Crippen molar-refractivity contribution in [2.75, 3.05) is 44.6 Å². The van der Waals surface area contributed by atoms with E-state index >= 15 is 0 Å². The summed E-state index contributed by atoms with van der Waals surface area (Å²) >= 11 is 0. The van der Waals surface area contributed by atoms with Gasteiger partial charge in [-0.2, -0.15) is 0 Å². The van der Waals surface area contributed by atoms with Gasteiger partial charge in [-0.3, -0.25) is 14.5 Å². The molecule has 12 nitrogen and oxygen atoms in total. The Balaban J connectivity index is 0.000000765. The number of benzene rings is 2. The van der Waals surface area contributed by atoms with Gasteiger partial charge in [0.25, 0.3) is 5.91 Å². The molecule has 1 saturated heterocycles. The van der Waals surface area contributed by atoms with Gasteiger partial charge in [0.15, 0.2) is 0 Å². The number of nitrogens with zero attached hydrogens (tertiary/aromatic N) is 2. The third-order valence-corrected chi connectivity index (χ3v) is 7.10. The van der Waals surface area contributed by atoms with Crippen LogP contribution in [0.15, 0.2) is 48.5 Å². The summed E-state index contributed by atoms with van der Waals surface area (Å²) in [5.41, 5.74) is 3.60. The fourth-order valence-electron chi connectivity index (χ4n) is 4.83. The molecule has 1 atom stereocenters. The van der Waals surface area contributed by atoms with Crippen LogP contribution in [-0.2, 0) is 25.5 Å². The van der Waals surface area contributed by atoms with Gasteiger partial charge >= 0.3 is 18.0 Å². The van der Waals surface area contributed by atoms with Gasteiger partial charge < -0.3 is 30.5 Å². The number of hydrogen-bond donors (Lipinski definition) is 4. The molecule has 43 heavy (non-hydrogen) atoms. The van der Waals surface area contributed by atoms with Gasteiger partial charge in [0, 0.05) is 43.9 Å². The van der Waals surface area contributed by atoms with E-state index in [4.69, 9.17) is 24.5 Å². The Labute approximate surface area is 251 Å². The van der Waals surface area contributed by atoms with E-state index in [0.29, 0.717) is 44.0 Å². The number of hydrogen-bond acceptors (Lipinski definition) is 7. The van der Waals surface area contributed by atoms with Crippen molar-refractivity contribution >= 4 is 35.5 Å². The van der Waals surface area contributed by atoms with Crippen LogP contribution in [0.2, 0.25) is 0 Å². The van der Waals surface area contributed by atoms with Crippen LogP contribution in [0.4, 0.5) is 10.5 Å². The first-order valence-electron chi connectivity index (χ1n) is 14.4. The molecule has 0 saturated carbocycles. The molecule has 2 aromatic carbocycles. The van der Waals surface area contributed by atoms with Crippen LogP contribution in [-0.4, -0.2) is 89.2 Å². The van der Waals surface area contributed by atoms with Crippen LogP contribution < -0.4 is 10.6 Å². The Morgan fingerprint density at radius 3 is 2.26 bits per heavy atom. The lowest BCUT2D eigenvalue weighted by atomic mass is 10.00. The smallest absolute Gasteiger partial charge is 0.414 e. The van der Waals surface area contributed by atoms with E-state index in [1.165, 1.54) is 0 Å². The molecule has 2 heterocycles. The highest BCUT2D eigenvalue weighted by Crippen LogP contribution is 2.25. The Morgan fingerprint density at radius 2 is 1.63 bits per heavy atom. The second kappa shape index (κ2) is 16.3. The summed E-state index contributed by atoms with van der Waals surface area (Å²) in [6, 6.07) is 15.5. The Kier molecular flexibility index (Phi) is 12.5. The van der Waals surface area contributed by atoms with Crippen molar-refractivity contribution < 1.29 is 38.9 Å². The minimum atomic E-state index is -1.82. The molecule has 0 radical (unpaired) electrons. The number of carbonyl (C=O) groups excluding carboxylic acids is 3. The lowest BCUT2D eigenvalue weighted by molar-refractivity contribution is -0.159. The molecule has 232 valence electrons. The van der Waals surface area contributed by atoms with Crippen molar-refractivity contribution in [3.8, 4) is 0 Å². The Bertz CT molecular complexity index is 1260. The number of carboxylic acids is 2. The fraction of sp³-hybridized carbons (Fsp3) is 0.452. The maximum absolute atomic E-state index is 13.1. The van der Waals surface area contributed by atoms with Gasteiger partial charge in [0.1, 0.15) is 0 Å². The van der Waals surface area contributed by atoms with Crippen LogP contribution in [0.25, 0.3) is 0 Å². The molecule has 4 rings (SSSR count). The quantitative estimate of drug-likeness (QED) is 0.318. The highest BCUT2D eigenvalue weighted by molar-refractivity contribution is 6.27. The number of fused-ring (bicyclic) bond motifs is 1. The number of piperazine rings is 1. The lowest BCUT2D eigenvalue weighted by Gasteiger charge is -2.35. The minimum absolute atomic E-state index is 0.0274. The summed E-state index contributed by atoms with van der Waals surface area (Å²) in [4.78, 5) is 59.5. The molecule has 0 spiro atoms. The van der Waals surface area contributed by atoms with Gasteiger partial charge in [-0.15, -0.1) is 0 Å². The van der Waals surface area contributed by atoms with Crippen molar-refractivity contribution in [2.24, 2.45) is 5.92 Å². The average molecular weight is 597 g/mol. The first kappa shape index (κ1) is 33.1. The second-order valence-corrected chi connectivity index (χ2v) is 10.9. The van der Waals surface area contributed by atoms with E-state index < -0.39 is 11.9 Å². The molecule has 0 aliphatic carbocycles. The summed E-state index contributed by atoms with van der Waals surface area (Å²) in [5.74, 6) is -3.28. The first-order chi connectivity index (χ1) is 20.5. The third-order valence-electron chi connectivity index (χ3n) is 7.10. The molecule has 2 aliphatic heterocycles. The highest BCUT2D eigenvalue weighted by Gasteiger charge is 2.24. The van der Waals surface area contributed by atoms with Crippen molar-refractivity contribution in [1.82, 2.24) is 15.1 Å². The number of nitrogens with one attached hydrogen (secondary N) is 2. The predicted octanol–water partition coefficient (Wildman–Crippen LogP) is 3.39. The van der Waals surface area contributed by atoms with Gasteiger partial charge in [-0.05, 0) is 61.1 Å². The Hall–Kier alpha value is -4.45. The van der Waals surface area contributed by atoms with Crippen LogP contribution >= 0.6 is 0 Å². The van der Waals surface area contributed by atoms with Crippen LogP contribution in [0.3, 0.4) is 0 Å². The topological polar surface area (TPSA) is 166 Å². The van der Waals surface area contributed by atoms with E-state index in [2.05, 4.69) is 15.5 Å². The SMILES string of the molecule is CC(C)COC(=O)NC(CCCN1CCN(C(=O)c2ccc3c(c2)CCC(=O)N3)CC1)c1ccccc1.O=C(O)C(=O)O. The van der Waals surface area contributed by atoms with Crippen LogP contribution in [0.1, 0.15) is 60.6 Å². The van der Waals surface area contributed by atoms with E-state index in [9.17, 15) is 14.4 Å². The maximum Gasteiger partial charge on any atom is 0.414 e. The Morgan fingerprint density at radius 1 is 0.953 bits per heavy atom. The largest absolute Gasteiger partial charge is 0.473 e. The average Bonchev–Trinajstić information content (AvgIpc) is 3.00. The monoisotopic (exact) mass is 596 g/mol. The molecule has 1 unspecified atom stereocenters. The van der Waals surface area contributed by atoms with Gasteiger partial charge in [-0.1, -0.05) is 44.2 Å². The molecule has 4 N–H and O–H groups in total. The molecule has 1 fully saturated rings. The van der Waals surface area contributed by atoms with Crippen molar-refractivity contribution in [3.05, 3.63) is 65.2 Å². The number of carboxylic acid groups (broad SMARTS) is 2. The number of aliphatic carboxylic acids is 2. The summed E-state index contributed by atoms with van der Waals surface area (Å²) in [6.07, 6.45) is 2.49. The zero-order chi connectivity index (χ0) is 31.4. The molecule has 2 aliphatic rings. The first-order valence-corrected chi connectivity index (χ1v) is 14.4. The van der Waals surface area contributed by atoms with E-state index in [1.54, 1.807) is 0 Å². The summed E-state index contributed by atoms with van der Waals surface area (Å²) in [5, 5.41) is 20.7. The summed E-state index contributed by atoms with van der Waals surface area (Å²) in [7, 11) is 0. The van der Waals surface area contributed by atoms with Crippen molar-refractivity contribution in [2.45, 2.75) is 45.6 Å². The van der Waals surface area contributed by atoms with Gasteiger partial charge in [-0.25, -0.2) is 14.4 Å². The molecule has 0 aromatic heterocycles. The third kappa shape index (κ3) is 10.7. The zero-order valence-electron chi connectivity index (χ0n) is 24.6. The number of ether oxygens (including phenoxy) is 1. The van der Waals surface area contributed by atoms with E-state index in [0.717, 1.165) is 49.3 Å². The summed E-state index contributed by atoms with van der Waals surface area (Å²) < 4.78 is 5.34. The highest BCUT2D eigenvalue weighted by atomic mass is 16.5. The van der Waals surface area contributed by atoms with E-state index in [-0.39, 0.29) is 23.9 Å². The molecule has 12 heteroatoms. The molecular formula is C31H40N4O8. The van der Waals surface area contributed by atoms with E-state index in [1.807, 2.05) is 67.3 Å². The number of aryl methyl sites for hydroxylation is 1. The lowest BCUT2D eigenvalue weighted by Crippen LogP contribution is -2.49. The van der Waals surface area contributed by atoms with Crippen molar-refractivity contribution in [1.29, 1.82) is 0 Å². The minimum Gasteiger partial charge on any atom is -0.473 e.